The van der Waals surface area contributed by atoms with Gasteiger partial charge in [-0.05, 0) is 38.3 Å². The van der Waals surface area contributed by atoms with E-state index < -0.39 is 0 Å². The zero-order valence-corrected chi connectivity index (χ0v) is 12.6. The largest absolute Gasteiger partial charge is 0.312 e. The van der Waals surface area contributed by atoms with Crippen molar-refractivity contribution in [2.45, 2.75) is 51.1 Å². The Bertz CT molecular complexity index is 410. The minimum Gasteiger partial charge on any atom is -0.312 e. The number of rotatable bonds is 3. The summed E-state index contributed by atoms with van der Waals surface area (Å²) in [6, 6.07) is 0.672. The first kappa shape index (κ1) is 14.0. The molecular weight excluding hydrogens is 250 g/mol. The third-order valence-electron chi connectivity index (χ3n) is 4.90. The number of aryl methyl sites for hydroxylation is 1. The SMILES string of the molecule is Cn1ncnc1CN1CCCNC(C2CCCCC2)C1. The minimum absolute atomic E-state index is 0.672. The highest BCUT2D eigenvalue weighted by molar-refractivity contribution is 4.88. The van der Waals surface area contributed by atoms with E-state index in [9.17, 15) is 0 Å². The second-order valence-corrected chi connectivity index (χ2v) is 6.35. The molecule has 1 atom stereocenters. The topological polar surface area (TPSA) is 46.0 Å². The van der Waals surface area contributed by atoms with Crippen LogP contribution in [0.1, 0.15) is 44.3 Å². The normalized spacial score (nSPS) is 26.6. The summed E-state index contributed by atoms with van der Waals surface area (Å²) in [5.41, 5.74) is 0. The Balaban J connectivity index is 1.61. The molecule has 1 aromatic rings. The second kappa shape index (κ2) is 6.68. The predicted molar refractivity (Wildman–Crippen MR) is 79.3 cm³/mol. The van der Waals surface area contributed by atoms with Gasteiger partial charge in [-0.2, -0.15) is 5.10 Å². The Labute approximate surface area is 121 Å². The van der Waals surface area contributed by atoms with Crippen molar-refractivity contribution in [1.82, 2.24) is 25.0 Å². The van der Waals surface area contributed by atoms with Crippen LogP contribution in [0.5, 0.6) is 0 Å². The summed E-state index contributed by atoms with van der Waals surface area (Å²) in [6.45, 7) is 4.43. The van der Waals surface area contributed by atoms with Gasteiger partial charge in [-0.25, -0.2) is 4.98 Å². The first-order valence-corrected chi connectivity index (χ1v) is 8.11. The van der Waals surface area contributed by atoms with Crippen LogP contribution in [0, 0.1) is 5.92 Å². The third kappa shape index (κ3) is 3.38. The van der Waals surface area contributed by atoms with Gasteiger partial charge in [-0.3, -0.25) is 9.58 Å². The first-order chi connectivity index (χ1) is 9.83. The number of nitrogens with zero attached hydrogens (tertiary/aromatic N) is 4. The van der Waals surface area contributed by atoms with E-state index in [1.165, 1.54) is 45.1 Å². The molecule has 0 spiro atoms. The molecule has 0 aromatic carbocycles. The Morgan fingerprint density at radius 3 is 2.85 bits per heavy atom. The number of hydrogen-bond donors (Lipinski definition) is 1. The van der Waals surface area contributed by atoms with Crippen molar-refractivity contribution in [3.8, 4) is 0 Å². The van der Waals surface area contributed by atoms with Crippen LogP contribution in [-0.4, -0.2) is 45.3 Å². The summed E-state index contributed by atoms with van der Waals surface area (Å²) >= 11 is 0. The van der Waals surface area contributed by atoms with Gasteiger partial charge in [0.25, 0.3) is 0 Å². The van der Waals surface area contributed by atoms with E-state index in [4.69, 9.17) is 0 Å². The Hall–Kier alpha value is -0.940. The fraction of sp³-hybridized carbons (Fsp3) is 0.867. The van der Waals surface area contributed by atoms with Gasteiger partial charge in [0.2, 0.25) is 0 Å². The summed E-state index contributed by atoms with van der Waals surface area (Å²) in [7, 11) is 1.98. The zero-order valence-electron chi connectivity index (χ0n) is 12.6. The maximum atomic E-state index is 4.37. The van der Waals surface area contributed by atoms with Crippen molar-refractivity contribution in [2.75, 3.05) is 19.6 Å². The molecule has 0 amide bonds. The van der Waals surface area contributed by atoms with Crippen molar-refractivity contribution in [3.63, 3.8) is 0 Å². The highest BCUT2D eigenvalue weighted by Crippen LogP contribution is 2.27. The number of hydrogen-bond acceptors (Lipinski definition) is 4. The van der Waals surface area contributed by atoms with Crippen LogP contribution in [0.25, 0.3) is 0 Å². The molecule has 2 aliphatic rings. The molecule has 1 saturated carbocycles. The lowest BCUT2D eigenvalue weighted by atomic mass is 9.83. The summed E-state index contributed by atoms with van der Waals surface area (Å²) in [5, 5.41) is 7.97. The number of aromatic nitrogens is 3. The van der Waals surface area contributed by atoms with Crippen LogP contribution in [0.15, 0.2) is 6.33 Å². The third-order valence-corrected chi connectivity index (χ3v) is 4.90. The van der Waals surface area contributed by atoms with Gasteiger partial charge in [0.05, 0.1) is 6.54 Å². The van der Waals surface area contributed by atoms with Crippen molar-refractivity contribution < 1.29 is 0 Å². The van der Waals surface area contributed by atoms with E-state index in [2.05, 4.69) is 20.3 Å². The van der Waals surface area contributed by atoms with Crippen molar-refractivity contribution in [2.24, 2.45) is 13.0 Å². The highest BCUT2D eigenvalue weighted by Gasteiger charge is 2.27. The molecule has 2 heterocycles. The van der Waals surface area contributed by atoms with E-state index in [1.807, 2.05) is 11.7 Å². The molecule has 1 unspecified atom stereocenters. The summed E-state index contributed by atoms with van der Waals surface area (Å²) in [5.74, 6) is 1.96. The van der Waals surface area contributed by atoms with Gasteiger partial charge < -0.3 is 5.32 Å². The molecule has 5 nitrogen and oxygen atoms in total. The average molecular weight is 277 g/mol. The second-order valence-electron chi connectivity index (χ2n) is 6.35. The standard InChI is InChI=1S/C15H27N5/c1-19-15(17-12-18-19)11-20-9-5-8-16-14(10-20)13-6-3-2-4-7-13/h12-14,16H,2-11H2,1H3. The molecule has 3 rings (SSSR count). The van der Waals surface area contributed by atoms with Crippen molar-refractivity contribution in [1.29, 1.82) is 0 Å². The number of nitrogens with one attached hydrogen (secondary N) is 1. The fourth-order valence-electron chi connectivity index (χ4n) is 3.68. The average Bonchev–Trinajstić information content (AvgIpc) is 2.75. The van der Waals surface area contributed by atoms with Gasteiger partial charge in [0.15, 0.2) is 0 Å². The Kier molecular flexibility index (Phi) is 4.68. The van der Waals surface area contributed by atoms with E-state index in [1.54, 1.807) is 6.33 Å². The lowest BCUT2D eigenvalue weighted by Crippen LogP contribution is -2.43. The Morgan fingerprint density at radius 2 is 2.10 bits per heavy atom. The van der Waals surface area contributed by atoms with Crippen LogP contribution in [-0.2, 0) is 13.6 Å². The lowest BCUT2D eigenvalue weighted by molar-refractivity contribution is 0.197. The molecule has 2 fully saturated rings. The van der Waals surface area contributed by atoms with E-state index >= 15 is 0 Å². The highest BCUT2D eigenvalue weighted by atomic mass is 15.3. The molecule has 5 heteroatoms. The van der Waals surface area contributed by atoms with Gasteiger partial charge >= 0.3 is 0 Å². The smallest absolute Gasteiger partial charge is 0.140 e. The molecule has 1 N–H and O–H groups in total. The molecule has 1 aliphatic heterocycles. The van der Waals surface area contributed by atoms with E-state index in [-0.39, 0.29) is 0 Å². The molecule has 1 saturated heterocycles. The predicted octanol–water partition coefficient (Wildman–Crippen LogP) is 1.56. The molecule has 0 radical (unpaired) electrons. The summed E-state index contributed by atoms with van der Waals surface area (Å²) in [4.78, 5) is 6.93. The summed E-state index contributed by atoms with van der Waals surface area (Å²) < 4.78 is 1.90. The van der Waals surface area contributed by atoms with Crippen LogP contribution in [0.4, 0.5) is 0 Å². The minimum atomic E-state index is 0.672. The van der Waals surface area contributed by atoms with Gasteiger partial charge in [0, 0.05) is 19.6 Å². The van der Waals surface area contributed by atoms with E-state index in [0.717, 1.165) is 31.4 Å². The maximum absolute atomic E-state index is 4.37. The van der Waals surface area contributed by atoms with Gasteiger partial charge in [-0.15, -0.1) is 0 Å². The maximum Gasteiger partial charge on any atom is 0.140 e. The first-order valence-electron chi connectivity index (χ1n) is 8.11. The monoisotopic (exact) mass is 277 g/mol. The van der Waals surface area contributed by atoms with Crippen LogP contribution < -0.4 is 5.32 Å². The van der Waals surface area contributed by atoms with E-state index in [0.29, 0.717) is 6.04 Å². The molecular formula is C15H27N5. The van der Waals surface area contributed by atoms with Crippen molar-refractivity contribution >= 4 is 0 Å². The van der Waals surface area contributed by atoms with Crippen LogP contribution >= 0.6 is 0 Å². The van der Waals surface area contributed by atoms with Gasteiger partial charge in [0.1, 0.15) is 12.2 Å². The molecule has 20 heavy (non-hydrogen) atoms. The summed E-state index contributed by atoms with van der Waals surface area (Å²) in [6.07, 6.45) is 10.0. The van der Waals surface area contributed by atoms with Crippen LogP contribution in [0.2, 0.25) is 0 Å². The molecule has 112 valence electrons. The molecule has 0 bridgehead atoms. The fourth-order valence-corrected chi connectivity index (χ4v) is 3.68. The lowest BCUT2D eigenvalue weighted by Gasteiger charge is -2.32. The zero-order chi connectivity index (χ0) is 13.8. The Morgan fingerprint density at radius 1 is 1.25 bits per heavy atom. The van der Waals surface area contributed by atoms with Crippen molar-refractivity contribution in [3.05, 3.63) is 12.2 Å². The quantitative estimate of drug-likeness (QED) is 0.911. The van der Waals surface area contributed by atoms with Crippen LogP contribution in [0.3, 0.4) is 0 Å². The molecule has 1 aliphatic carbocycles. The molecule has 1 aromatic heterocycles. The van der Waals surface area contributed by atoms with Gasteiger partial charge in [-0.1, -0.05) is 19.3 Å².